The minimum absolute atomic E-state index is 0.338. The molecule has 16 heavy (non-hydrogen) atoms. The highest BCUT2D eigenvalue weighted by molar-refractivity contribution is 5.81. The fourth-order valence-corrected chi connectivity index (χ4v) is 1.85. The number of nitrogens with two attached hydrogens (primary N) is 1. The predicted octanol–water partition coefficient (Wildman–Crippen LogP) is 2.32. The molecule has 3 nitrogen and oxygen atoms in total. The molecule has 0 radical (unpaired) electrons. The van der Waals surface area contributed by atoms with Crippen LogP contribution in [0.3, 0.4) is 0 Å². The van der Waals surface area contributed by atoms with E-state index in [-0.39, 0.29) is 5.91 Å². The van der Waals surface area contributed by atoms with Gasteiger partial charge in [0.1, 0.15) is 0 Å². The smallest absolute Gasteiger partial charge is 0.223 e. The van der Waals surface area contributed by atoms with Gasteiger partial charge in [-0.2, -0.15) is 0 Å². The summed E-state index contributed by atoms with van der Waals surface area (Å²) in [6.45, 7) is 15.1. The quantitative estimate of drug-likeness (QED) is 0.777. The average Bonchev–Trinajstić information content (AvgIpc) is 2.00. The monoisotopic (exact) mass is 229 g/mol. The Bertz CT molecular complexity index is 283. The summed E-state index contributed by atoms with van der Waals surface area (Å²) >= 11 is 0. The van der Waals surface area contributed by atoms with Crippen molar-refractivity contribution in [3.63, 3.8) is 0 Å². The fourth-order valence-electron chi connectivity index (χ4n) is 1.85. The van der Waals surface area contributed by atoms with E-state index in [9.17, 15) is 9.90 Å². The summed E-state index contributed by atoms with van der Waals surface area (Å²) < 4.78 is 0. The molecule has 0 rings (SSSR count). The maximum atomic E-state index is 11.6. The largest absolute Gasteiger partial charge is 0.390 e. The molecule has 0 bridgehead atoms. The van der Waals surface area contributed by atoms with Gasteiger partial charge in [0, 0.05) is 5.41 Å². The van der Waals surface area contributed by atoms with Crippen molar-refractivity contribution < 1.29 is 9.90 Å². The molecule has 0 saturated carbocycles. The maximum absolute atomic E-state index is 11.6. The van der Waals surface area contributed by atoms with Crippen LogP contribution >= 0.6 is 0 Å². The first-order valence-corrected chi connectivity index (χ1v) is 5.72. The van der Waals surface area contributed by atoms with E-state index < -0.39 is 21.8 Å². The van der Waals surface area contributed by atoms with Crippen molar-refractivity contribution in [2.24, 2.45) is 22.0 Å². The van der Waals surface area contributed by atoms with E-state index in [1.807, 2.05) is 41.5 Å². The molecule has 0 aliphatic heterocycles. The van der Waals surface area contributed by atoms with Crippen molar-refractivity contribution in [2.75, 3.05) is 0 Å². The van der Waals surface area contributed by atoms with E-state index >= 15 is 0 Å². The molecule has 3 heteroatoms. The molecule has 0 aliphatic carbocycles. The minimum atomic E-state index is -0.886. The van der Waals surface area contributed by atoms with Gasteiger partial charge in [-0.1, -0.05) is 41.5 Å². The van der Waals surface area contributed by atoms with Crippen molar-refractivity contribution >= 4 is 5.91 Å². The Kier molecular flexibility index (Phi) is 3.59. The van der Waals surface area contributed by atoms with Crippen LogP contribution in [0, 0.1) is 16.2 Å². The van der Waals surface area contributed by atoms with Crippen molar-refractivity contribution in [3.8, 4) is 0 Å². The van der Waals surface area contributed by atoms with Gasteiger partial charge in [-0.15, -0.1) is 0 Å². The van der Waals surface area contributed by atoms with Crippen LogP contribution in [-0.4, -0.2) is 16.6 Å². The Morgan fingerprint density at radius 3 is 1.38 bits per heavy atom. The maximum Gasteiger partial charge on any atom is 0.223 e. The van der Waals surface area contributed by atoms with E-state index in [2.05, 4.69) is 0 Å². The number of hydrogen-bond acceptors (Lipinski definition) is 2. The number of carbonyl (C=O) groups is 1. The summed E-state index contributed by atoms with van der Waals surface area (Å²) in [6.07, 6.45) is 0. The van der Waals surface area contributed by atoms with Crippen LogP contribution in [0.2, 0.25) is 0 Å². The molecule has 0 aromatic rings. The summed E-state index contributed by atoms with van der Waals surface area (Å²) in [5, 5.41) is 10.3. The van der Waals surface area contributed by atoms with Crippen LogP contribution in [0.5, 0.6) is 0 Å². The second-order valence-corrected chi connectivity index (χ2v) is 6.80. The van der Waals surface area contributed by atoms with E-state index in [0.717, 1.165) is 0 Å². The Morgan fingerprint density at radius 1 is 0.875 bits per heavy atom. The summed E-state index contributed by atoms with van der Waals surface area (Å²) in [5.74, 6) is -0.338. The normalized spacial score (nSPS) is 15.1. The molecule has 0 unspecified atom stereocenters. The number of hydrogen-bond donors (Lipinski definition) is 2. The Hall–Kier alpha value is -0.570. The lowest BCUT2D eigenvalue weighted by molar-refractivity contribution is -0.161. The molecule has 3 N–H and O–H groups in total. The SMILES string of the molecule is CC(C)(O)C(C)(C)C(C)(C)C(C)(C)C(N)=O. The lowest BCUT2D eigenvalue weighted by atomic mass is 9.50. The third-order valence-corrected chi connectivity index (χ3v) is 5.27. The second kappa shape index (κ2) is 3.73. The van der Waals surface area contributed by atoms with E-state index in [0.29, 0.717) is 0 Å². The van der Waals surface area contributed by atoms with Gasteiger partial charge in [0.05, 0.1) is 5.60 Å². The van der Waals surface area contributed by atoms with Gasteiger partial charge in [-0.05, 0) is 24.7 Å². The molecule has 0 atom stereocenters. The molecule has 0 aromatic heterocycles. The van der Waals surface area contributed by atoms with Crippen LogP contribution in [0.1, 0.15) is 55.4 Å². The standard InChI is InChI=1S/C13H27NO2/c1-10(2,9(14)15)11(3,4)12(5,6)13(7,8)16/h16H,1-8H3,(H2,14,15). The summed E-state index contributed by atoms with van der Waals surface area (Å²) in [4.78, 5) is 11.6. The Balaban J connectivity index is 5.62. The van der Waals surface area contributed by atoms with E-state index in [1.165, 1.54) is 0 Å². The highest BCUT2D eigenvalue weighted by Gasteiger charge is 2.56. The van der Waals surface area contributed by atoms with E-state index in [4.69, 9.17) is 5.73 Å². The van der Waals surface area contributed by atoms with Crippen LogP contribution in [0.25, 0.3) is 0 Å². The lowest BCUT2D eigenvalue weighted by Gasteiger charge is -2.55. The van der Waals surface area contributed by atoms with Crippen molar-refractivity contribution in [2.45, 2.75) is 61.0 Å². The molecule has 0 saturated heterocycles. The number of primary amides is 1. The van der Waals surface area contributed by atoms with Gasteiger partial charge in [0.2, 0.25) is 5.91 Å². The zero-order valence-corrected chi connectivity index (χ0v) is 11.9. The van der Waals surface area contributed by atoms with Crippen molar-refractivity contribution in [3.05, 3.63) is 0 Å². The van der Waals surface area contributed by atoms with Gasteiger partial charge in [-0.25, -0.2) is 0 Å². The van der Waals surface area contributed by atoms with Crippen LogP contribution in [0.15, 0.2) is 0 Å². The predicted molar refractivity (Wildman–Crippen MR) is 66.8 cm³/mol. The van der Waals surface area contributed by atoms with Crippen molar-refractivity contribution in [1.82, 2.24) is 0 Å². The molecular formula is C13H27NO2. The molecule has 96 valence electrons. The average molecular weight is 229 g/mol. The molecule has 0 spiro atoms. The molecular weight excluding hydrogens is 202 g/mol. The van der Waals surface area contributed by atoms with Gasteiger partial charge in [-0.3, -0.25) is 4.79 Å². The second-order valence-electron chi connectivity index (χ2n) is 6.80. The molecule has 0 aromatic carbocycles. The highest BCUT2D eigenvalue weighted by Crippen LogP contribution is 2.55. The Morgan fingerprint density at radius 2 is 1.19 bits per heavy atom. The number of amides is 1. The molecule has 0 aliphatic rings. The van der Waals surface area contributed by atoms with E-state index in [1.54, 1.807) is 13.8 Å². The zero-order chi connectivity index (χ0) is 13.6. The van der Waals surface area contributed by atoms with Crippen LogP contribution < -0.4 is 5.73 Å². The number of rotatable bonds is 4. The Labute approximate surface area is 99.4 Å². The van der Waals surface area contributed by atoms with Gasteiger partial charge < -0.3 is 10.8 Å². The van der Waals surface area contributed by atoms with Crippen molar-refractivity contribution in [1.29, 1.82) is 0 Å². The molecule has 0 fully saturated rings. The number of aliphatic hydroxyl groups is 1. The summed E-state index contributed by atoms with van der Waals surface area (Å²) in [5.41, 5.74) is 3.03. The fraction of sp³-hybridized carbons (Fsp3) is 0.923. The first-order chi connectivity index (χ1) is 6.69. The van der Waals surface area contributed by atoms with Gasteiger partial charge in [0.25, 0.3) is 0 Å². The molecule has 1 amide bonds. The number of carbonyl (C=O) groups excluding carboxylic acids is 1. The molecule has 0 heterocycles. The van der Waals surface area contributed by atoms with Gasteiger partial charge >= 0.3 is 0 Å². The highest BCUT2D eigenvalue weighted by atomic mass is 16.3. The minimum Gasteiger partial charge on any atom is -0.390 e. The topological polar surface area (TPSA) is 63.3 Å². The lowest BCUT2D eigenvalue weighted by Crippen LogP contribution is -2.58. The summed E-state index contributed by atoms with van der Waals surface area (Å²) in [7, 11) is 0. The first kappa shape index (κ1) is 15.4. The van der Waals surface area contributed by atoms with Gasteiger partial charge in [0.15, 0.2) is 0 Å². The van der Waals surface area contributed by atoms with Crippen LogP contribution in [-0.2, 0) is 4.79 Å². The third-order valence-electron chi connectivity index (χ3n) is 5.27. The first-order valence-electron chi connectivity index (χ1n) is 5.72. The zero-order valence-electron chi connectivity index (χ0n) is 11.9. The van der Waals surface area contributed by atoms with Crippen LogP contribution in [0.4, 0.5) is 0 Å². The summed E-state index contributed by atoms with van der Waals surface area (Å²) in [6, 6.07) is 0. The third kappa shape index (κ3) is 1.97.